The Labute approximate surface area is 170 Å². The number of amides is 1. The van der Waals surface area contributed by atoms with Crippen LogP contribution in [0.3, 0.4) is 0 Å². The number of aryl methyl sites for hydroxylation is 1. The van der Waals surface area contributed by atoms with Crippen LogP contribution in [0.15, 0.2) is 34.2 Å². The summed E-state index contributed by atoms with van der Waals surface area (Å²) in [6, 6.07) is 7.18. The molecule has 1 atom stereocenters. The number of rotatable bonds is 5. The molecule has 6 nitrogen and oxygen atoms in total. The van der Waals surface area contributed by atoms with Gasteiger partial charge in [0.15, 0.2) is 5.16 Å². The second kappa shape index (κ2) is 7.97. The Kier molecular flexibility index (Phi) is 5.41. The molecule has 28 heavy (non-hydrogen) atoms. The molecule has 8 heteroatoms. The van der Waals surface area contributed by atoms with Crippen molar-refractivity contribution in [2.75, 3.05) is 18.2 Å². The molecular formula is C20H21N3O3S2. The van der Waals surface area contributed by atoms with Crippen molar-refractivity contribution in [3.63, 3.8) is 0 Å². The van der Waals surface area contributed by atoms with E-state index in [9.17, 15) is 9.59 Å². The van der Waals surface area contributed by atoms with Crippen molar-refractivity contribution in [1.82, 2.24) is 9.97 Å². The van der Waals surface area contributed by atoms with Crippen LogP contribution in [0.5, 0.6) is 5.75 Å². The van der Waals surface area contributed by atoms with Crippen LogP contribution in [0, 0.1) is 5.92 Å². The number of fused-ring (bicyclic) bond motifs is 3. The van der Waals surface area contributed by atoms with Gasteiger partial charge in [0.1, 0.15) is 10.6 Å². The summed E-state index contributed by atoms with van der Waals surface area (Å²) < 4.78 is 5.16. The van der Waals surface area contributed by atoms with Crippen LogP contribution in [-0.2, 0) is 17.6 Å². The molecular weight excluding hydrogens is 394 g/mol. The van der Waals surface area contributed by atoms with E-state index < -0.39 is 0 Å². The van der Waals surface area contributed by atoms with Crippen LogP contribution in [0.4, 0.5) is 5.69 Å². The van der Waals surface area contributed by atoms with Gasteiger partial charge in [-0.1, -0.05) is 24.8 Å². The summed E-state index contributed by atoms with van der Waals surface area (Å²) in [6.07, 6.45) is 3.07. The summed E-state index contributed by atoms with van der Waals surface area (Å²) in [4.78, 5) is 34.3. The third-order valence-corrected chi connectivity index (χ3v) is 6.86. The number of thioether (sulfide) groups is 1. The van der Waals surface area contributed by atoms with Crippen molar-refractivity contribution in [2.24, 2.45) is 5.92 Å². The number of benzene rings is 1. The number of methoxy groups -OCH3 is 1. The lowest BCUT2D eigenvalue weighted by atomic mass is 9.89. The van der Waals surface area contributed by atoms with E-state index in [0.717, 1.165) is 29.5 Å². The second-order valence-electron chi connectivity index (χ2n) is 6.97. The molecule has 2 aromatic heterocycles. The molecule has 0 radical (unpaired) electrons. The van der Waals surface area contributed by atoms with Gasteiger partial charge in [-0.3, -0.25) is 9.59 Å². The third-order valence-electron chi connectivity index (χ3n) is 4.84. The molecule has 3 aromatic rings. The zero-order valence-corrected chi connectivity index (χ0v) is 17.3. The molecule has 4 rings (SSSR count). The van der Waals surface area contributed by atoms with Gasteiger partial charge in [0.2, 0.25) is 5.91 Å². The summed E-state index contributed by atoms with van der Waals surface area (Å²) >= 11 is 2.84. The van der Waals surface area contributed by atoms with Crippen LogP contribution < -0.4 is 15.6 Å². The first-order chi connectivity index (χ1) is 13.5. The lowest BCUT2D eigenvalue weighted by Crippen LogP contribution is -2.16. The Balaban J connectivity index is 1.47. The molecule has 0 saturated heterocycles. The lowest BCUT2D eigenvalue weighted by Gasteiger charge is -2.17. The number of ether oxygens (including phenoxy) is 1. The van der Waals surface area contributed by atoms with Gasteiger partial charge >= 0.3 is 0 Å². The maximum atomic E-state index is 12.6. The number of H-pyrrole nitrogens is 1. The van der Waals surface area contributed by atoms with E-state index in [0.29, 0.717) is 22.5 Å². The first-order valence-corrected chi connectivity index (χ1v) is 10.9. The van der Waals surface area contributed by atoms with Crippen molar-refractivity contribution in [1.29, 1.82) is 0 Å². The predicted octanol–water partition coefficient (Wildman–Crippen LogP) is 3.85. The number of nitrogens with zero attached hydrogens (tertiary/aromatic N) is 1. The molecule has 1 aliphatic rings. The summed E-state index contributed by atoms with van der Waals surface area (Å²) in [5.74, 6) is 1.32. The maximum Gasteiger partial charge on any atom is 0.260 e. The van der Waals surface area contributed by atoms with Crippen LogP contribution >= 0.6 is 23.1 Å². The molecule has 1 aromatic carbocycles. The minimum atomic E-state index is -0.166. The Morgan fingerprint density at radius 2 is 2.32 bits per heavy atom. The van der Waals surface area contributed by atoms with E-state index in [1.807, 2.05) is 12.1 Å². The van der Waals surface area contributed by atoms with Gasteiger partial charge in [0.25, 0.3) is 5.56 Å². The van der Waals surface area contributed by atoms with Crippen LogP contribution in [0.1, 0.15) is 23.8 Å². The fourth-order valence-electron chi connectivity index (χ4n) is 3.43. The van der Waals surface area contributed by atoms with Gasteiger partial charge in [0.05, 0.1) is 18.2 Å². The van der Waals surface area contributed by atoms with Gasteiger partial charge in [0, 0.05) is 16.6 Å². The number of carbonyl (C=O) groups excluding carboxylic acids is 1. The van der Waals surface area contributed by atoms with Crippen LogP contribution in [0.2, 0.25) is 0 Å². The van der Waals surface area contributed by atoms with Crippen LogP contribution in [0.25, 0.3) is 10.2 Å². The van der Waals surface area contributed by atoms with Crippen molar-refractivity contribution in [3.05, 3.63) is 45.1 Å². The molecule has 1 aliphatic carbocycles. The number of anilines is 1. The average molecular weight is 416 g/mol. The van der Waals surface area contributed by atoms with Crippen molar-refractivity contribution in [3.8, 4) is 5.75 Å². The number of nitrogens with one attached hydrogen (secondary N) is 2. The first-order valence-electron chi connectivity index (χ1n) is 9.14. The highest BCUT2D eigenvalue weighted by molar-refractivity contribution is 7.99. The Morgan fingerprint density at radius 3 is 3.14 bits per heavy atom. The number of hydrogen-bond acceptors (Lipinski definition) is 6. The molecule has 2 N–H and O–H groups in total. The van der Waals surface area contributed by atoms with E-state index in [2.05, 4.69) is 22.2 Å². The number of carbonyl (C=O) groups is 1. The summed E-state index contributed by atoms with van der Waals surface area (Å²) in [7, 11) is 1.58. The van der Waals surface area contributed by atoms with Gasteiger partial charge in [-0.25, -0.2) is 4.98 Å². The molecule has 1 amide bonds. The minimum Gasteiger partial charge on any atom is -0.497 e. The zero-order valence-electron chi connectivity index (χ0n) is 15.7. The topological polar surface area (TPSA) is 84.1 Å². The summed E-state index contributed by atoms with van der Waals surface area (Å²) in [5, 5.41) is 4.04. The molecule has 2 heterocycles. The molecule has 0 saturated carbocycles. The zero-order chi connectivity index (χ0) is 19.7. The summed E-state index contributed by atoms with van der Waals surface area (Å²) in [5.41, 5.74) is 1.73. The lowest BCUT2D eigenvalue weighted by molar-refractivity contribution is -0.113. The van der Waals surface area contributed by atoms with Gasteiger partial charge in [-0.05, 0) is 42.9 Å². The van der Waals surface area contributed by atoms with E-state index in [-0.39, 0.29) is 17.2 Å². The smallest absolute Gasteiger partial charge is 0.260 e. The highest BCUT2D eigenvalue weighted by atomic mass is 32.2. The maximum absolute atomic E-state index is 12.6. The molecule has 0 spiro atoms. The van der Waals surface area contributed by atoms with Gasteiger partial charge < -0.3 is 15.0 Å². The fourth-order valence-corrected chi connectivity index (χ4v) is 5.53. The molecule has 0 aliphatic heterocycles. The second-order valence-corrected chi connectivity index (χ2v) is 9.02. The monoisotopic (exact) mass is 415 g/mol. The van der Waals surface area contributed by atoms with Gasteiger partial charge in [-0.2, -0.15) is 0 Å². The minimum absolute atomic E-state index is 0.104. The highest BCUT2D eigenvalue weighted by Crippen LogP contribution is 2.36. The van der Waals surface area contributed by atoms with Crippen molar-refractivity contribution >= 4 is 44.9 Å². The molecule has 0 fully saturated rings. The average Bonchev–Trinajstić information content (AvgIpc) is 3.04. The van der Waals surface area contributed by atoms with Crippen LogP contribution in [-0.4, -0.2) is 28.7 Å². The SMILES string of the molecule is COc1cccc(NC(=O)CSc2nc3sc4c(c3c(=O)[nH]2)CCC(C)C4)c1. The highest BCUT2D eigenvalue weighted by Gasteiger charge is 2.23. The quantitative estimate of drug-likeness (QED) is 0.488. The standard InChI is InChI=1S/C20H21N3O3S2/c1-11-6-7-14-15(8-11)28-19-17(14)18(25)22-20(23-19)27-10-16(24)21-12-4-3-5-13(9-12)26-2/h3-5,9,11H,6-8,10H2,1-2H3,(H,21,24)(H,22,23,25). The molecule has 0 bridgehead atoms. The number of aromatic amines is 1. The molecule has 146 valence electrons. The van der Waals surface area contributed by atoms with Crippen molar-refractivity contribution < 1.29 is 9.53 Å². The number of thiophene rings is 1. The Bertz CT molecular complexity index is 1090. The van der Waals surface area contributed by atoms with E-state index in [1.54, 1.807) is 30.6 Å². The fraction of sp³-hybridized carbons (Fsp3) is 0.350. The third kappa shape index (κ3) is 3.93. The Hall–Kier alpha value is -2.32. The largest absolute Gasteiger partial charge is 0.497 e. The van der Waals surface area contributed by atoms with E-state index in [1.165, 1.54) is 22.2 Å². The molecule has 1 unspecified atom stereocenters. The Morgan fingerprint density at radius 1 is 1.46 bits per heavy atom. The van der Waals surface area contributed by atoms with E-state index >= 15 is 0 Å². The first kappa shape index (κ1) is 19.0. The summed E-state index contributed by atoms with van der Waals surface area (Å²) in [6.45, 7) is 2.24. The normalized spacial score (nSPS) is 16.0. The predicted molar refractivity (Wildman–Crippen MR) is 114 cm³/mol. The number of hydrogen-bond donors (Lipinski definition) is 2. The number of aromatic nitrogens is 2. The van der Waals surface area contributed by atoms with E-state index in [4.69, 9.17) is 4.74 Å². The van der Waals surface area contributed by atoms with Crippen molar-refractivity contribution in [2.45, 2.75) is 31.3 Å². The van der Waals surface area contributed by atoms with Gasteiger partial charge in [-0.15, -0.1) is 11.3 Å².